The van der Waals surface area contributed by atoms with Crippen LogP contribution in [0.5, 0.6) is 0 Å². The molecule has 0 atom stereocenters. The fraction of sp³-hybridized carbons (Fsp3) is 0.357. The average molecular weight is 419 g/mol. The summed E-state index contributed by atoms with van der Waals surface area (Å²) in [5.41, 5.74) is 2.30. The van der Waals surface area contributed by atoms with Gasteiger partial charge in [-0.25, -0.2) is 13.6 Å². The summed E-state index contributed by atoms with van der Waals surface area (Å²) in [5.74, 6) is 0. The van der Waals surface area contributed by atoms with Crippen molar-refractivity contribution in [3.63, 3.8) is 0 Å². The molecule has 0 saturated heterocycles. The van der Waals surface area contributed by atoms with E-state index >= 15 is 0 Å². The van der Waals surface area contributed by atoms with Gasteiger partial charge in [0.1, 0.15) is 4.90 Å². The van der Waals surface area contributed by atoms with Crippen molar-refractivity contribution >= 4 is 32.6 Å². The van der Waals surface area contributed by atoms with E-state index in [1.807, 2.05) is 38.1 Å². The predicted molar refractivity (Wildman–Crippen MR) is 90.6 cm³/mol. The van der Waals surface area contributed by atoms with Crippen LogP contribution < -0.4 is 5.14 Å². The molecule has 0 unspecified atom stereocenters. The quantitative estimate of drug-likeness (QED) is 0.756. The van der Waals surface area contributed by atoms with Crippen LogP contribution in [0.4, 0.5) is 0 Å². The van der Waals surface area contributed by atoms with Crippen molar-refractivity contribution in [1.82, 2.24) is 9.78 Å². The van der Waals surface area contributed by atoms with Crippen LogP contribution in [0.2, 0.25) is 0 Å². The lowest BCUT2D eigenvalue weighted by Crippen LogP contribution is -2.16. The molecule has 0 spiro atoms. The van der Waals surface area contributed by atoms with E-state index in [0.29, 0.717) is 30.8 Å². The molecule has 0 bridgehead atoms. The second kappa shape index (κ2) is 6.45. The van der Waals surface area contributed by atoms with Gasteiger partial charge >= 0.3 is 0 Å². The molecule has 2 aromatic rings. The maximum Gasteiger partial charge on any atom is 0.241 e. The van der Waals surface area contributed by atoms with E-state index in [1.54, 1.807) is 4.68 Å². The topological polar surface area (TPSA) is 78.0 Å². The van der Waals surface area contributed by atoms with E-state index < -0.39 is 10.0 Å². The molecule has 0 saturated carbocycles. The van der Waals surface area contributed by atoms with Gasteiger partial charge in [0.15, 0.2) is 0 Å². The first-order valence-electron chi connectivity index (χ1n) is 6.72. The SMILES string of the molecule is CCc1nn(Cc2ccc(I)cc2)c(CC)c1S(N)(=O)=O. The molecule has 0 aliphatic heterocycles. The molecule has 2 N–H and O–H groups in total. The summed E-state index contributed by atoms with van der Waals surface area (Å²) >= 11 is 2.25. The Labute approximate surface area is 138 Å². The zero-order valence-electron chi connectivity index (χ0n) is 12.0. The Bertz CT molecular complexity index is 736. The first-order valence-corrected chi connectivity index (χ1v) is 9.35. The van der Waals surface area contributed by atoms with Crippen molar-refractivity contribution in [2.75, 3.05) is 0 Å². The largest absolute Gasteiger partial charge is 0.263 e. The minimum Gasteiger partial charge on any atom is -0.263 e. The normalized spacial score (nSPS) is 11.8. The molecule has 114 valence electrons. The van der Waals surface area contributed by atoms with Crippen LogP contribution >= 0.6 is 22.6 Å². The molecule has 0 aliphatic carbocycles. The van der Waals surface area contributed by atoms with Crippen molar-refractivity contribution in [2.45, 2.75) is 38.1 Å². The van der Waals surface area contributed by atoms with Crippen LogP contribution in [0.15, 0.2) is 29.2 Å². The number of aryl methyl sites for hydroxylation is 1. The van der Waals surface area contributed by atoms with Crippen LogP contribution in [-0.2, 0) is 29.4 Å². The first-order chi connectivity index (χ1) is 9.86. The number of primary sulfonamides is 1. The molecule has 21 heavy (non-hydrogen) atoms. The van der Waals surface area contributed by atoms with E-state index in [2.05, 4.69) is 27.7 Å². The third kappa shape index (κ3) is 3.64. The Balaban J connectivity index is 2.49. The Kier molecular flexibility index (Phi) is 5.05. The number of nitrogens with zero attached hydrogens (tertiary/aromatic N) is 2. The van der Waals surface area contributed by atoms with E-state index in [4.69, 9.17) is 5.14 Å². The van der Waals surface area contributed by atoms with Crippen molar-refractivity contribution in [1.29, 1.82) is 0 Å². The number of rotatable bonds is 5. The lowest BCUT2D eigenvalue weighted by molar-refractivity contribution is 0.594. The molecule has 1 aromatic heterocycles. The summed E-state index contributed by atoms with van der Waals surface area (Å²) in [6, 6.07) is 8.08. The van der Waals surface area contributed by atoms with Gasteiger partial charge in [0.2, 0.25) is 10.0 Å². The minimum absolute atomic E-state index is 0.193. The van der Waals surface area contributed by atoms with Gasteiger partial charge in [-0.1, -0.05) is 26.0 Å². The van der Waals surface area contributed by atoms with E-state index in [9.17, 15) is 8.42 Å². The van der Waals surface area contributed by atoms with Gasteiger partial charge in [0.25, 0.3) is 0 Å². The molecule has 0 fully saturated rings. The first kappa shape index (κ1) is 16.4. The van der Waals surface area contributed by atoms with Gasteiger partial charge in [-0.2, -0.15) is 5.10 Å². The van der Waals surface area contributed by atoms with E-state index in [-0.39, 0.29) is 4.90 Å². The number of nitrogens with two attached hydrogens (primary N) is 1. The fourth-order valence-electron chi connectivity index (χ4n) is 2.33. The monoisotopic (exact) mass is 419 g/mol. The van der Waals surface area contributed by atoms with Crippen LogP contribution in [0.1, 0.15) is 30.8 Å². The van der Waals surface area contributed by atoms with Gasteiger partial charge in [0, 0.05) is 3.57 Å². The summed E-state index contributed by atoms with van der Waals surface area (Å²) < 4.78 is 26.6. The number of benzene rings is 1. The predicted octanol–water partition coefficient (Wildman–Crippen LogP) is 2.31. The van der Waals surface area contributed by atoms with Crippen LogP contribution in [0.25, 0.3) is 0 Å². The summed E-state index contributed by atoms with van der Waals surface area (Å²) in [6.07, 6.45) is 1.11. The van der Waals surface area contributed by atoms with Gasteiger partial charge in [-0.05, 0) is 53.1 Å². The number of hydrogen-bond donors (Lipinski definition) is 1. The van der Waals surface area contributed by atoms with Gasteiger partial charge in [0.05, 0.1) is 17.9 Å². The highest BCUT2D eigenvalue weighted by Gasteiger charge is 2.24. The summed E-state index contributed by atoms with van der Waals surface area (Å²) in [6.45, 7) is 4.34. The molecular formula is C14H18IN3O2S. The van der Waals surface area contributed by atoms with Crippen molar-refractivity contribution < 1.29 is 8.42 Å². The van der Waals surface area contributed by atoms with Crippen molar-refractivity contribution in [3.05, 3.63) is 44.8 Å². The number of hydrogen-bond acceptors (Lipinski definition) is 3. The Morgan fingerprint density at radius 1 is 1.19 bits per heavy atom. The smallest absolute Gasteiger partial charge is 0.241 e. The summed E-state index contributed by atoms with van der Waals surface area (Å²) in [5, 5.41) is 9.79. The van der Waals surface area contributed by atoms with E-state index in [1.165, 1.54) is 0 Å². The lowest BCUT2D eigenvalue weighted by atomic mass is 10.2. The number of halogens is 1. The summed E-state index contributed by atoms with van der Waals surface area (Å²) in [4.78, 5) is 0.193. The Hall–Kier alpha value is -0.930. The lowest BCUT2D eigenvalue weighted by Gasteiger charge is -2.07. The highest BCUT2D eigenvalue weighted by atomic mass is 127. The van der Waals surface area contributed by atoms with Gasteiger partial charge in [-0.3, -0.25) is 4.68 Å². The molecule has 0 aliphatic rings. The zero-order chi connectivity index (χ0) is 15.6. The van der Waals surface area contributed by atoms with Crippen LogP contribution in [0.3, 0.4) is 0 Å². The summed E-state index contributed by atoms with van der Waals surface area (Å²) in [7, 11) is -3.75. The van der Waals surface area contributed by atoms with Gasteiger partial charge in [-0.15, -0.1) is 0 Å². The third-order valence-electron chi connectivity index (χ3n) is 3.28. The average Bonchev–Trinajstić information content (AvgIpc) is 2.79. The highest BCUT2D eigenvalue weighted by Crippen LogP contribution is 2.22. The molecule has 7 heteroatoms. The molecule has 1 aromatic carbocycles. The highest BCUT2D eigenvalue weighted by molar-refractivity contribution is 14.1. The minimum atomic E-state index is -3.75. The third-order valence-corrected chi connectivity index (χ3v) is 5.04. The standard InChI is InChI=1S/C14H18IN3O2S/c1-3-12-14(21(16,19)20)13(4-2)18(17-12)9-10-5-7-11(15)8-6-10/h5-8H,3-4,9H2,1-2H3,(H2,16,19,20). The number of sulfonamides is 1. The van der Waals surface area contributed by atoms with Crippen molar-refractivity contribution in [2.24, 2.45) is 5.14 Å². The maximum absolute atomic E-state index is 11.8. The molecule has 0 amide bonds. The molecule has 5 nitrogen and oxygen atoms in total. The Morgan fingerprint density at radius 3 is 2.29 bits per heavy atom. The fourth-order valence-corrected chi connectivity index (χ4v) is 3.78. The molecule has 2 rings (SSSR count). The Morgan fingerprint density at radius 2 is 1.81 bits per heavy atom. The van der Waals surface area contributed by atoms with Crippen LogP contribution in [-0.4, -0.2) is 18.2 Å². The van der Waals surface area contributed by atoms with Gasteiger partial charge < -0.3 is 0 Å². The second-order valence-corrected chi connectivity index (χ2v) is 7.50. The van der Waals surface area contributed by atoms with Crippen molar-refractivity contribution in [3.8, 4) is 0 Å². The zero-order valence-corrected chi connectivity index (χ0v) is 15.0. The van der Waals surface area contributed by atoms with Crippen LogP contribution in [0, 0.1) is 3.57 Å². The molecule has 1 heterocycles. The second-order valence-electron chi connectivity index (χ2n) is 4.76. The molecule has 0 radical (unpaired) electrons. The maximum atomic E-state index is 11.8. The van der Waals surface area contributed by atoms with E-state index in [0.717, 1.165) is 9.13 Å². The molecular weight excluding hydrogens is 401 g/mol. The number of aromatic nitrogens is 2.